The maximum Gasteiger partial charge on any atom is 0.335 e. The van der Waals surface area contributed by atoms with Crippen molar-refractivity contribution < 1.29 is 9.90 Å². The molecule has 94 valence electrons. The molecule has 0 unspecified atom stereocenters. The fraction of sp³-hybridized carbons (Fsp3) is 0.286. The van der Waals surface area contributed by atoms with Gasteiger partial charge in [-0.3, -0.25) is 0 Å². The summed E-state index contributed by atoms with van der Waals surface area (Å²) in [7, 11) is 0. The van der Waals surface area contributed by atoms with E-state index in [2.05, 4.69) is 18.8 Å². The van der Waals surface area contributed by atoms with E-state index in [4.69, 9.17) is 5.11 Å². The summed E-state index contributed by atoms with van der Waals surface area (Å²) in [6.07, 6.45) is 3.60. The molecule has 4 heteroatoms. The topological polar surface area (TPSA) is 55.1 Å². The molecule has 1 aromatic heterocycles. The van der Waals surface area contributed by atoms with Gasteiger partial charge in [-0.2, -0.15) is 0 Å². The highest BCUT2D eigenvalue weighted by Gasteiger charge is 2.11. The van der Waals surface area contributed by atoms with Crippen LogP contribution in [0.25, 0.3) is 5.69 Å². The smallest absolute Gasteiger partial charge is 0.335 e. The molecule has 0 aliphatic carbocycles. The Kier molecular flexibility index (Phi) is 3.19. The van der Waals surface area contributed by atoms with Gasteiger partial charge in [-0.05, 0) is 36.6 Å². The minimum Gasteiger partial charge on any atom is -0.478 e. The number of rotatable bonds is 3. The maximum atomic E-state index is 10.9. The second-order valence-electron chi connectivity index (χ2n) is 4.65. The molecular formula is C14H16N2O2. The molecule has 0 radical (unpaired) electrons. The van der Waals surface area contributed by atoms with Gasteiger partial charge < -0.3 is 9.67 Å². The first kappa shape index (κ1) is 12.4. The van der Waals surface area contributed by atoms with Crippen LogP contribution in [0.15, 0.2) is 30.7 Å². The zero-order valence-corrected chi connectivity index (χ0v) is 10.7. The molecule has 0 spiro atoms. The fourth-order valence-electron chi connectivity index (χ4n) is 1.99. The van der Waals surface area contributed by atoms with Crippen molar-refractivity contribution in [2.45, 2.75) is 26.7 Å². The molecule has 0 amide bonds. The first-order valence-electron chi connectivity index (χ1n) is 5.87. The van der Waals surface area contributed by atoms with E-state index in [9.17, 15) is 4.79 Å². The summed E-state index contributed by atoms with van der Waals surface area (Å²) in [5.74, 6) is -0.537. The lowest BCUT2D eigenvalue weighted by molar-refractivity contribution is 0.0697. The van der Waals surface area contributed by atoms with E-state index in [0.717, 1.165) is 16.9 Å². The molecule has 2 rings (SSSR count). The molecule has 0 aliphatic rings. The number of carboxylic acids is 1. The molecule has 0 atom stereocenters. The van der Waals surface area contributed by atoms with Crippen LogP contribution in [0.1, 0.15) is 41.4 Å². The van der Waals surface area contributed by atoms with Crippen molar-refractivity contribution in [1.82, 2.24) is 9.55 Å². The van der Waals surface area contributed by atoms with Crippen LogP contribution < -0.4 is 0 Å². The van der Waals surface area contributed by atoms with Crippen LogP contribution >= 0.6 is 0 Å². The lowest BCUT2D eigenvalue weighted by Gasteiger charge is -2.13. The number of carbonyl (C=O) groups is 1. The summed E-state index contributed by atoms with van der Waals surface area (Å²) in [5.41, 5.74) is 3.32. The highest BCUT2D eigenvalue weighted by atomic mass is 16.4. The monoisotopic (exact) mass is 244 g/mol. The average Bonchev–Trinajstić information content (AvgIpc) is 2.77. The molecule has 18 heavy (non-hydrogen) atoms. The van der Waals surface area contributed by atoms with Gasteiger partial charge in [0.1, 0.15) is 0 Å². The quantitative estimate of drug-likeness (QED) is 0.903. The zero-order chi connectivity index (χ0) is 13.3. The number of aromatic carboxylic acids is 1. The first-order chi connectivity index (χ1) is 8.50. The number of benzene rings is 1. The van der Waals surface area contributed by atoms with Crippen molar-refractivity contribution >= 4 is 5.97 Å². The molecule has 0 fully saturated rings. The molecule has 1 aromatic carbocycles. The number of aryl methyl sites for hydroxylation is 1. The first-order valence-corrected chi connectivity index (χ1v) is 5.87. The van der Waals surface area contributed by atoms with E-state index in [1.54, 1.807) is 18.5 Å². The minimum atomic E-state index is -0.903. The van der Waals surface area contributed by atoms with E-state index in [0.29, 0.717) is 11.5 Å². The summed E-state index contributed by atoms with van der Waals surface area (Å²) >= 11 is 0. The summed E-state index contributed by atoms with van der Waals surface area (Å²) in [4.78, 5) is 15.1. The van der Waals surface area contributed by atoms with Gasteiger partial charge >= 0.3 is 5.97 Å². The van der Waals surface area contributed by atoms with Crippen LogP contribution in [-0.2, 0) is 0 Å². The number of hydrogen-bond donors (Lipinski definition) is 1. The summed E-state index contributed by atoms with van der Waals surface area (Å²) < 4.78 is 2.01. The highest BCUT2D eigenvalue weighted by Crippen LogP contribution is 2.22. The molecule has 0 aliphatic heterocycles. The van der Waals surface area contributed by atoms with Gasteiger partial charge in [-0.1, -0.05) is 13.8 Å². The second kappa shape index (κ2) is 4.64. The fourth-order valence-corrected chi connectivity index (χ4v) is 1.99. The number of hydrogen-bond acceptors (Lipinski definition) is 2. The predicted octanol–water partition coefficient (Wildman–Crippen LogP) is 3.00. The van der Waals surface area contributed by atoms with Crippen LogP contribution in [0, 0.1) is 6.92 Å². The Balaban J connectivity index is 2.51. The molecule has 1 N–H and O–H groups in total. The van der Waals surface area contributed by atoms with E-state index >= 15 is 0 Å². The van der Waals surface area contributed by atoms with Crippen molar-refractivity contribution in [3.63, 3.8) is 0 Å². The SMILES string of the molecule is Cc1cc(C(=O)O)ccc1-n1cncc1C(C)C. The Hall–Kier alpha value is -2.10. The highest BCUT2D eigenvalue weighted by molar-refractivity contribution is 5.88. The Morgan fingerprint density at radius 1 is 1.39 bits per heavy atom. The molecule has 0 saturated heterocycles. The predicted molar refractivity (Wildman–Crippen MR) is 69.3 cm³/mol. The van der Waals surface area contributed by atoms with Gasteiger partial charge in [0, 0.05) is 17.6 Å². The van der Waals surface area contributed by atoms with Gasteiger partial charge in [-0.15, -0.1) is 0 Å². The molecular weight excluding hydrogens is 228 g/mol. The van der Waals surface area contributed by atoms with Crippen LogP contribution in [0.3, 0.4) is 0 Å². The lowest BCUT2D eigenvalue weighted by atomic mass is 10.1. The number of nitrogens with zero attached hydrogens (tertiary/aromatic N) is 2. The molecule has 1 heterocycles. The summed E-state index contributed by atoms with van der Waals surface area (Å²) in [6.45, 7) is 6.12. The van der Waals surface area contributed by atoms with Gasteiger partial charge in [0.05, 0.1) is 11.9 Å². The van der Waals surface area contributed by atoms with Crippen molar-refractivity contribution in [2.24, 2.45) is 0 Å². The van der Waals surface area contributed by atoms with E-state index in [1.165, 1.54) is 0 Å². The van der Waals surface area contributed by atoms with Crippen molar-refractivity contribution in [2.75, 3.05) is 0 Å². The van der Waals surface area contributed by atoms with Gasteiger partial charge in [0.25, 0.3) is 0 Å². The van der Waals surface area contributed by atoms with Gasteiger partial charge in [0.15, 0.2) is 0 Å². The van der Waals surface area contributed by atoms with E-state index in [1.807, 2.05) is 23.8 Å². The molecule has 4 nitrogen and oxygen atoms in total. The number of carboxylic acid groups (broad SMARTS) is 1. The third-order valence-electron chi connectivity index (χ3n) is 2.96. The van der Waals surface area contributed by atoms with Crippen LogP contribution in [-0.4, -0.2) is 20.6 Å². The van der Waals surface area contributed by atoms with Crippen molar-refractivity contribution in [3.8, 4) is 5.69 Å². The van der Waals surface area contributed by atoms with Crippen LogP contribution in [0.5, 0.6) is 0 Å². The molecule has 2 aromatic rings. The van der Waals surface area contributed by atoms with Gasteiger partial charge in [-0.25, -0.2) is 9.78 Å². The third kappa shape index (κ3) is 2.14. The van der Waals surface area contributed by atoms with Gasteiger partial charge in [0.2, 0.25) is 0 Å². The van der Waals surface area contributed by atoms with E-state index < -0.39 is 5.97 Å². The van der Waals surface area contributed by atoms with Crippen molar-refractivity contribution in [1.29, 1.82) is 0 Å². The maximum absolute atomic E-state index is 10.9. The third-order valence-corrected chi connectivity index (χ3v) is 2.96. The zero-order valence-electron chi connectivity index (χ0n) is 10.7. The Bertz CT molecular complexity index is 585. The lowest BCUT2D eigenvalue weighted by Crippen LogP contribution is -2.04. The standard InChI is InChI=1S/C14H16N2O2/c1-9(2)13-7-15-8-16(13)12-5-4-11(14(17)18)6-10(12)3/h4-9H,1-3H3,(H,17,18). The molecule has 0 saturated carbocycles. The normalized spacial score (nSPS) is 10.9. The second-order valence-corrected chi connectivity index (χ2v) is 4.65. The van der Waals surface area contributed by atoms with Crippen LogP contribution in [0.2, 0.25) is 0 Å². The number of imidazole rings is 1. The Labute approximate surface area is 106 Å². The largest absolute Gasteiger partial charge is 0.478 e. The van der Waals surface area contributed by atoms with Crippen molar-refractivity contribution in [3.05, 3.63) is 47.5 Å². The van der Waals surface area contributed by atoms with E-state index in [-0.39, 0.29) is 0 Å². The minimum absolute atomic E-state index is 0.308. The average molecular weight is 244 g/mol. The summed E-state index contributed by atoms with van der Waals surface area (Å²) in [5, 5.41) is 8.95. The summed E-state index contributed by atoms with van der Waals surface area (Å²) in [6, 6.07) is 5.13. The number of aromatic nitrogens is 2. The molecule has 0 bridgehead atoms. The van der Waals surface area contributed by atoms with Crippen LogP contribution in [0.4, 0.5) is 0 Å². The Morgan fingerprint density at radius 2 is 2.11 bits per heavy atom. The Morgan fingerprint density at radius 3 is 2.67 bits per heavy atom.